The molecule has 4 aromatic rings. The Labute approximate surface area is 306 Å². The summed E-state index contributed by atoms with van der Waals surface area (Å²) in [6.45, 7) is 14.0. The molecule has 267 valence electrons. The van der Waals surface area contributed by atoms with Crippen LogP contribution in [0.5, 0.6) is 0 Å². The van der Waals surface area contributed by atoms with Crippen LogP contribution in [0.1, 0.15) is 135 Å². The first-order chi connectivity index (χ1) is 23.8. The van der Waals surface area contributed by atoms with Gasteiger partial charge >= 0.3 is 308 Å². The van der Waals surface area contributed by atoms with Crippen LogP contribution in [0.4, 0.5) is 0 Å². The molecule has 0 N–H and O–H groups in total. The van der Waals surface area contributed by atoms with Crippen molar-refractivity contribution in [2.24, 2.45) is 0 Å². The third-order valence-corrected chi connectivity index (χ3v) is 35.2. The molecule has 0 saturated heterocycles. The Bertz CT molecular complexity index is 1720. The number of benzene rings is 2. The SMILES string of the molecule is Cc1cc(C)c(-n2ccn(-c3c(C)cc(C)cc3C)[c]2=[Ru](=[CH]/c2cccs2)/[PH](C2CCCCC2)(C2CCCCC2)C2CCCCC2)c(C)c1. The zero-order valence-electron chi connectivity index (χ0n) is 31.3. The third-order valence-electron chi connectivity index (χ3n) is 12.4. The number of nitrogens with zero attached hydrogens (tertiary/aromatic N) is 2. The molecule has 2 aromatic heterocycles. The molecule has 5 heteroatoms. The van der Waals surface area contributed by atoms with E-state index in [1.54, 1.807) is 8.89 Å². The number of imidazole rings is 1. The van der Waals surface area contributed by atoms with E-state index < -0.39 is 20.2 Å². The van der Waals surface area contributed by atoms with E-state index in [-0.39, 0.29) is 0 Å². The van der Waals surface area contributed by atoms with Crippen molar-refractivity contribution in [1.29, 1.82) is 0 Å². The zero-order chi connectivity index (χ0) is 34.1. The minimum atomic E-state index is -1.95. The van der Waals surface area contributed by atoms with Gasteiger partial charge in [-0.15, -0.1) is 0 Å². The summed E-state index contributed by atoms with van der Waals surface area (Å²) < 4.78 is 10.3. The first-order valence-electron chi connectivity index (χ1n) is 19.6. The molecular weight excluding hydrogens is 721 g/mol. The maximum absolute atomic E-state index is 3.03. The monoisotopic (exact) mass is 783 g/mol. The zero-order valence-corrected chi connectivity index (χ0v) is 34.8. The second-order valence-electron chi connectivity index (χ2n) is 16.0. The van der Waals surface area contributed by atoms with E-state index in [0.717, 1.165) is 17.0 Å². The number of hydrogen-bond acceptors (Lipinski definition) is 1. The van der Waals surface area contributed by atoms with Crippen LogP contribution in [-0.4, -0.2) is 30.7 Å². The first kappa shape index (κ1) is 35.7. The molecule has 0 amide bonds. The van der Waals surface area contributed by atoms with E-state index in [1.165, 1.54) is 141 Å². The van der Waals surface area contributed by atoms with Crippen molar-refractivity contribution in [2.45, 2.75) is 155 Å². The van der Waals surface area contributed by atoms with Crippen molar-refractivity contribution < 1.29 is 14.6 Å². The van der Waals surface area contributed by atoms with Gasteiger partial charge in [0, 0.05) is 0 Å². The van der Waals surface area contributed by atoms with Crippen molar-refractivity contribution in [3.05, 3.63) is 96.4 Å². The molecule has 0 aliphatic heterocycles. The van der Waals surface area contributed by atoms with E-state index >= 15 is 0 Å². The van der Waals surface area contributed by atoms with Gasteiger partial charge in [-0.1, -0.05) is 0 Å². The van der Waals surface area contributed by atoms with E-state index in [2.05, 4.69) is 109 Å². The van der Waals surface area contributed by atoms with E-state index in [0.29, 0.717) is 0 Å². The fraction of sp³-hybridized carbons (Fsp3) is 0.545. The van der Waals surface area contributed by atoms with Crippen LogP contribution in [0.3, 0.4) is 0 Å². The summed E-state index contributed by atoms with van der Waals surface area (Å²) in [5.74, 6) is 0. The molecule has 2 nitrogen and oxygen atoms in total. The van der Waals surface area contributed by atoms with Crippen LogP contribution in [0.2, 0.25) is 0 Å². The molecule has 3 saturated carbocycles. The number of rotatable bonds is 7. The topological polar surface area (TPSA) is 9.86 Å². The molecule has 2 heterocycles. The Kier molecular flexibility index (Phi) is 11.3. The average molecular weight is 783 g/mol. The van der Waals surface area contributed by atoms with E-state index in [9.17, 15) is 0 Å². The van der Waals surface area contributed by atoms with Gasteiger partial charge in [0.1, 0.15) is 0 Å². The second kappa shape index (κ2) is 15.5. The van der Waals surface area contributed by atoms with Gasteiger partial charge in [0.15, 0.2) is 0 Å². The van der Waals surface area contributed by atoms with Crippen LogP contribution in [0.15, 0.2) is 54.2 Å². The fourth-order valence-corrected chi connectivity index (χ4v) is 38.6. The van der Waals surface area contributed by atoms with Crippen LogP contribution >= 0.6 is 16.9 Å². The Morgan fingerprint density at radius 2 is 0.980 bits per heavy atom. The van der Waals surface area contributed by atoms with Crippen LogP contribution < -0.4 is 0 Å². The minimum absolute atomic E-state index is 0.972. The van der Waals surface area contributed by atoms with Gasteiger partial charge in [-0.2, -0.15) is 0 Å². The number of aryl methyl sites for hydroxylation is 6. The van der Waals surface area contributed by atoms with Crippen molar-refractivity contribution in [1.82, 2.24) is 9.13 Å². The molecule has 0 radical (unpaired) electrons. The first-order valence-corrected chi connectivity index (χ1v) is 27.1. The van der Waals surface area contributed by atoms with Crippen molar-refractivity contribution >= 4 is 21.5 Å². The predicted molar refractivity (Wildman–Crippen MR) is 215 cm³/mol. The summed E-state index contributed by atoms with van der Waals surface area (Å²) in [5, 5.41) is 2.35. The number of hydrogen-bond donors (Lipinski definition) is 0. The summed E-state index contributed by atoms with van der Waals surface area (Å²) in [6.07, 6.45) is 27.2. The second-order valence-corrected chi connectivity index (χ2v) is 30.5. The maximum atomic E-state index is 3.03. The van der Waals surface area contributed by atoms with Crippen LogP contribution in [0.25, 0.3) is 11.4 Å². The average Bonchev–Trinajstić information content (AvgIpc) is 3.76. The molecule has 2 aromatic carbocycles. The number of aromatic nitrogens is 2. The van der Waals surface area contributed by atoms with Gasteiger partial charge in [0.2, 0.25) is 0 Å². The van der Waals surface area contributed by atoms with Crippen LogP contribution in [0, 0.1) is 45.6 Å². The molecule has 3 aliphatic carbocycles. The summed E-state index contributed by atoms with van der Waals surface area (Å²) >= 11 is 0.155. The Hall–Kier alpha value is -1.73. The molecule has 0 spiro atoms. The van der Waals surface area contributed by atoms with E-state index in [4.69, 9.17) is 0 Å². The quantitative estimate of drug-likeness (QED) is 0.131. The van der Waals surface area contributed by atoms with Crippen molar-refractivity contribution in [3.63, 3.8) is 0 Å². The summed E-state index contributed by atoms with van der Waals surface area (Å²) in [5.41, 5.74) is 12.3. The van der Waals surface area contributed by atoms with Crippen LogP contribution in [-0.2, 0) is 14.6 Å². The Balaban J connectivity index is 1.72. The Morgan fingerprint density at radius 1 is 0.592 bits per heavy atom. The molecular formula is C44H62N2PRuS. The fourth-order valence-electron chi connectivity index (χ4n) is 10.8. The van der Waals surface area contributed by atoms with E-state index in [1.807, 2.05) is 11.3 Å². The standard InChI is InChI=1S/C21H24N2.C18H33P.C5H4S.Ru/c1-14-9-16(3)20(17(4)10-14)22-7-8-23(13-22)21-18(5)11-15(2)12-19(21)6;1-4-10-16(11-5-1)19(17-12-6-2-7-13-17)18-14-8-3-9-15-18;1-5-3-2-4-6-5;/h7-12H,1-6H3;16-18H,1-15H2;1-4H;/q;;;-1/p+1. The van der Waals surface area contributed by atoms with Crippen molar-refractivity contribution in [3.8, 4) is 11.4 Å². The summed E-state index contributed by atoms with van der Waals surface area (Å²) in [7, 11) is 0. The van der Waals surface area contributed by atoms with Gasteiger partial charge < -0.3 is 0 Å². The molecule has 0 unspecified atom stereocenters. The summed E-state index contributed by atoms with van der Waals surface area (Å²) in [4.78, 5) is 1.55. The normalized spacial score (nSPS) is 19.8. The van der Waals surface area contributed by atoms with Gasteiger partial charge in [-0.05, 0) is 0 Å². The third kappa shape index (κ3) is 6.95. The Morgan fingerprint density at radius 3 is 1.33 bits per heavy atom. The molecule has 7 rings (SSSR count). The number of thiophene rings is 1. The van der Waals surface area contributed by atoms with Gasteiger partial charge in [0.25, 0.3) is 0 Å². The summed E-state index contributed by atoms with van der Waals surface area (Å²) in [6, 6.07) is 14.5. The van der Waals surface area contributed by atoms with Gasteiger partial charge in [-0.3, -0.25) is 0 Å². The van der Waals surface area contributed by atoms with Gasteiger partial charge in [-0.25, -0.2) is 0 Å². The van der Waals surface area contributed by atoms with Gasteiger partial charge in [0.05, 0.1) is 0 Å². The molecule has 3 aliphatic rings. The predicted octanol–water partition coefficient (Wildman–Crippen LogP) is 12.8. The molecule has 0 atom stereocenters. The molecule has 49 heavy (non-hydrogen) atoms. The van der Waals surface area contributed by atoms with Crippen molar-refractivity contribution in [2.75, 3.05) is 0 Å². The molecule has 0 bridgehead atoms. The molecule has 3 fully saturated rings.